The van der Waals surface area contributed by atoms with E-state index < -0.39 is 0 Å². The third kappa shape index (κ3) is 3.37. The largest absolute Gasteiger partial charge is 0.376 e. The van der Waals surface area contributed by atoms with Crippen molar-refractivity contribution in [2.24, 2.45) is 0 Å². The molecule has 0 aromatic heterocycles. The van der Waals surface area contributed by atoms with Crippen molar-refractivity contribution < 1.29 is 9.53 Å². The third-order valence-corrected chi connectivity index (χ3v) is 3.32. The standard InChI is InChI=1S/C12H14ClNO2S/c13-11-4-3-9(17)6-10(11)12(15)14-7-8-2-1-5-16-8/h3-4,6,8,17H,1-2,5,7H2,(H,14,15). The first-order valence-corrected chi connectivity index (χ1v) is 6.37. The van der Waals surface area contributed by atoms with Crippen LogP contribution in [-0.4, -0.2) is 25.2 Å². The van der Waals surface area contributed by atoms with Crippen molar-refractivity contribution >= 4 is 30.1 Å². The molecule has 0 spiro atoms. The molecule has 1 aromatic carbocycles. The molecular weight excluding hydrogens is 258 g/mol. The van der Waals surface area contributed by atoms with Gasteiger partial charge in [0.1, 0.15) is 0 Å². The van der Waals surface area contributed by atoms with Crippen LogP contribution in [0.15, 0.2) is 23.1 Å². The highest BCUT2D eigenvalue weighted by Gasteiger charge is 2.17. The molecule has 92 valence electrons. The van der Waals surface area contributed by atoms with Gasteiger partial charge in [0.15, 0.2) is 0 Å². The monoisotopic (exact) mass is 271 g/mol. The van der Waals surface area contributed by atoms with Crippen molar-refractivity contribution in [1.82, 2.24) is 5.32 Å². The SMILES string of the molecule is O=C(NCC1CCCO1)c1cc(S)ccc1Cl. The van der Waals surface area contributed by atoms with E-state index in [1.54, 1.807) is 18.2 Å². The Bertz CT molecular complexity index is 419. The smallest absolute Gasteiger partial charge is 0.252 e. The molecule has 0 bridgehead atoms. The van der Waals surface area contributed by atoms with E-state index in [2.05, 4.69) is 17.9 Å². The van der Waals surface area contributed by atoms with E-state index in [4.69, 9.17) is 16.3 Å². The Morgan fingerprint density at radius 3 is 3.12 bits per heavy atom. The van der Waals surface area contributed by atoms with Gasteiger partial charge in [-0.3, -0.25) is 4.79 Å². The van der Waals surface area contributed by atoms with Crippen molar-refractivity contribution in [1.29, 1.82) is 0 Å². The Morgan fingerprint density at radius 2 is 2.41 bits per heavy atom. The van der Waals surface area contributed by atoms with Crippen molar-refractivity contribution in [3.63, 3.8) is 0 Å². The van der Waals surface area contributed by atoms with Crippen LogP contribution in [-0.2, 0) is 4.74 Å². The second-order valence-electron chi connectivity index (χ2n) is 4.01. The zero-order chi connectivity index (χ0) is 12.3. The van der Waals surface area contributed by atoms with Gasteiger partial charge >= 0.3 is 0 Å². The molecular formula is C12H14ClNO2S. The fraction of sp³-hybridized carbons (Fsp3) is 0.417. The maximum absolute atomic E-state index is 11.9. The lowest BCUT2D eigenvalue weighted by atomic mass is 10.2. The Morgan fingerprint density at radius 1 is 1.59 bits per heavy atom. The summed E-state index contributed by atoms with van der Waals surface area (Å²) >= 11 is 10.1. The van der Waals surface area contributed by atoms with Crippen LogP contribution >= 0.6 is 24.2 Å². The Balaban J connectivity index is 1.96. The van der Waals surface area contributed by atoms with Crippen molar-refractivity contribution in [2.75, 3.05) is 13.2 Å². The van der Waals surface area contributed by atoms with Crippen LogP contribution in [0.2, 0.25) is 5.02 Å². The van der Waals surface area contributed by atoms with Crippen LogP contribution < -0.4 is 5.32 Å². The molecule has 5 heteroatoms. The summed E-state index contributed by atoms with van der Waals surface area (Å²) in [6.07, 6.45) is 2.20. The minimum atomic E-state index is -0.179. The van der Waals surface area contributed by atoms with Crippen molar-refractivity contribution in [2.45, 2.75) is 23.8 Å². The predicted octanol–water partition coefficient (Wildman–Crippen LogP) is 2.54. The zero-order valence-corrected chi connectivity index (χ0v) is 10.9. The lowest BCUT2D eigenvalue weighted by Gasteiger charge is -2.11. The number of halogens is 1. The van der Waals surface area contributed by atoms with Gasteiger partial charge in [-0.1, -0.05) is 11.6 Å². The number of rotatable bonds is 3. The normalized spacial score (nSPS) is 19.3. The van der Waals surface area contributed by atoms with E-state index in [9.17, 15) is 4.79 Å². The summed E-state index contributed by atoms with van der Waals surface area (Å²) in [5.41, 5.74) is 0.456. The Labute approximate surface area is 111 Å². The highest BCUT2D eigenvalue weighted by Crippen LogP contribution is 2.19. The first kappa shape index (κ1) is 12.7. The van der Waals surface area contributed by atoms with Gasteiger partial charge in [0.25, 0.3) is 5.91 Å². The number of amides is 1. The number of hydrogen-bond acceptors (Lipinski definition) is 3. The molecule has 1 amide bonds. The lowest BCUT2D eigenvalue weighted by molar-refractivity contribution is 0.0857. The molecule has 17 heavy (non-hydrogen) atoms. The van der Waals surface area contributed by atoms with Gasteiger partial charge < -0.3 is 10.1 Å². The molecule has 1 unspecified atom stereocenters. The molecule has 2 rings (SSSR count). The Kier molecular flexibility index (Phi) is 4.31. The Hall–Kier alpha value is -0.710. The number of carbonyl (C=O) groups excluding carboxylic acids is 1. The van der Waals surface area contributed by atoms with E-state index in [1.807, 2.05) is 0 Å². The third-order valence-electron chi connectivity index (χ3n) is 2.71. The molecule has 0 aliphatic carbocycles. The van der Waals surface area contributed by atoms with E-state index in [-0.39, 0.29) is 12.0 Å². The van der Waals surface area contributed by atoms with E-state index in [1.165, 1.54) is 0 Å². The molecule has 3 nitrogen and oxygen atoms in total. The molecule has 1 saturated heterocycles. The fourth-order valence-corrected chi connectivity index (χ4v) is 2.20. The van der Waals surface area contributed by atoms with Crippen LogP contribution in [0.4, 0.5) is 0 Å². The molecule has 0 radical (unpaired) electrons. The molecule has 1 heterocycles. The highest BCUT2D eigenvalue weighted by atomic mass is 35.5. The van der Waals surface area contributed by atoms with Gasteiger partial charge in [-0.05, 0) is 31.0 Å². The maximum atomic E-state index is 11.9. The molecule has 1 aliphatic heterocycles. The van der Waals surface area contributed by atoms with Crippen molar-refractivity contribution in [3.8, 4) is 0 Å². The molecule has 1 N–H and O–H groups in total. The summed E-state index contributed by atoms with van der Waals surface area (Å²) < 4.78 is 5.43. The van der Waals surface area contributed by atoms with Gasteiger partial charge in [-0.2, -0.15) is 0 Å². The highest BCUT2D eigenvalue weighted by molar-refractivity contribution is 7.80. The first-order valence-electron chi connectivity index (χ1n) is 5.55. The van der Waals surface area contributed by atoms with Crippen molar-refractivity contribution in [3.05, 3.63) is 28.8 Å². The van der Waals surface area contributed by atoms with Gasteiger partial charge in [0.2, 0.25) is 0 Å². The second-order valence-corrected chi connectivity index (χ2v) is 4.93. The van der Waals surface area contributed by atoms with E-state index in [0.29, 0.717) is 17.1 Å². The number of hydrogen-bond donors (Lipinski definition) is 2. The van der Waals surface area contributed by atoms with E-state index in [0.717, 1.165) is 24.3 Å². The summed E-state index contributed by atoms with van der Waals surface area (Å²) in [7, 11) is 0. The van der Waals surface area contributed by atoms with Crippen LogP contribution in [0, 0.1) is 0 Å². The van der Waals surface area contributed by atoms with E-state index >= 15 is 0 Å². The van der Waals surface area contributed by atoms with Gasteiger partial charge in [0.05, 0.1) is 16.7 Å². The fourth-order valence-electron chi connectivity index (χ4n) is 1.79. The number of thiol groups is 1. The molecule has 1 aromatic rings. The minimum absolute atomic E-state index is 0.136. The van der Waals surface area contributed by atoms with Gasteiger partial charge in [0, 0.05) is 18.0 Å². The van der Waals surface area contributed by atoms with Crippen LogP contribution in [0.1, 0.15) is 23.2 Å². The average Bonchev–Trinajstić information content (AvgIpc) is 2.82. The summed E-state index contributed by atoms with van der Waals surface area (Å²) in [4.78, 5) is 12.6. The first-order chi connectivity index (χ1) is 8.16. The summed E-state index contributed by atoms with van der Waals surface area (Å²) in [6.45, 7) is 1.32. The van der Waals surface area contributed by atoms with Gasteiger partial charge in [-0.25, -0.2) is 0 Å². The summed E-state index contributed by atoms with van der Waals surface area (Å²) in [5.74, 6) is -0.179. The number of benzene rings is 1. The summed E-state index contributed by atoms with van der Waals surface area (Å²) in [6, 6.07) is 5.09. The molecule has 1 fully saturated rings. The van der Waals surface area contributed by atoms with Crippen LogP contribution in [0.25, 0.3) is 0 Å². The minimum Gasteiger partial charge on any atom is -0.376 e. The summed E-state index contributed by atoms with van der Waals surface area (Å²) in [5, 5.41) is 3.26. The number of ether oxygens (including phenoxy) is 1. The topological polar surface area (TPSA) is 38.3 Å². The predicted molar refractivity (Wildman–Crippen MR) is 70.0 cm³/mol. The second kappa shape index (κ2) is 5.76. The average molecular weight is 272 g/mol. The molecule has 1 atom stereocenters. The maximum Gasteiger partial charge on any atom is 0.252 e. The quantitative estimate of drug-likeness (QED) is 0.829. The van der Waals surface area contributed by atoms with Gasteiger partial charge in [-0.15, -0.1) is 12.6 Å². The number of carbonyl (C=O) groups is 1. The van der Waals surface area contributed by atoms with Crippen LogP contribution in [0.3, 0.4) is 0 Å². The molecule has 0 saturated carbocycles. The zero-order valence-electron chi connectivity index (χ0n) is 9.28. The molecule has 1 aliphatic rings. The lowest BCUT2D eigenvalue weighted by Crippen LogP contribution is -2.31. The number of nitrogens with one attached hydrogen (secondary N) is 1. The van der Waals surface area contributed by atoms with Crippen LogP contribution in [0.5, 0.6) is 0 Å².